The molecule has 37 heavy (non-hydrogen) atoms. The molecule has 0 saturated carbocycles. The number of benzene rings is 2. The number of allylic oxidation sites excluding steroid dienone is 1. The first-order valence-corrected chi connectivity index (χ1v) is 12.7. The number of carbonyl (C=O) groups excluding carboxylic acids is 2. The van der Waals surface area contributed by atoms with Gasteiger partial charge >= 0.3 is 11.9 Å². The van der Waals surface area contributed by atoms with Crippen LogP contribution in [0.25, 0.3) is 6.08 Å². The van der Waals surface area contributed by atoms with Crippen molar-refractivity contribution in [2.24, 2.45) is 4.99 Å². The summed E-state index contributed by atoms with van der Waals surface area (Å²) < 4.78 is 17.8. The van der Waals surface area contributed by atoms with Crippen LogP contribution in [0.15, 0.2) is 57.5 Å². The number of hydrogen-bond donors (Lipinski definition) is 0. The van der Waals surface area contributed by atoms with E-state index in [2.05, 4.69) is 4.99 Å². The number of aromatic nitrogens is 1. The predicted molar refractivity (Wildman–Crippen MR) is 141 cm³/mol. The standard InChI is InChI=1S/C26H22Cl2N2O6S/c1-5-35-25(33)22-13(2)29-26-30(23(22)16-7-9-19(36-14(3)31)20(10-16)34-4)24(32)21(37-26)11-15-6-8-17(27)12-18(15)28/h6-12,23H,5H2,1-4H3/b21-11+. The largest absolute Gasteiger partial charge is 0.493 e. The first-order valence-electron chi connectivity index (χ1n) is 11.2. The molecule has 1 aromatic heterocycles. The maximum absolute atomic E-state index is 13.7. The smallest absolute Gasteiger partial charge is 0.338 e. The van der Waals surface area contributed by atoms with Crippen molar-refractivity contribution in [3.8, 4) is 11.5 Å². The predicted octanol–water partition coefficient (Wildman–Crippen LogP) is 4.04. The maximum atomic E-state index is 13.7. The highest BCUT2D eigenvalue weighted by atomic mass is 35.5. The zero-order chi connectivity index (χ0) is 26.9. The number of rotatable bonds is 6. The lowest BCUT2D eigenvalue weighted by atomic mass is 9.95. The molecule has 0 amide bonds. The molecule has 0 N–H and O–H groups in total. The zero-order valence-electron chi connectivity index (χ0n) is 20.3. The normalized spacial score (nSPS) is 15.2. The minimum atomic E-state index is -0.863. The van der Waals surface area contributed by atoms with Gasteiger partial charge in [-0.3, -0.25) is 14.2 Å². The summed E-state index contributed by atoms with van der Waals surface area (Å²) in [6, 6.07) is 8.96. The van der Waals surface area contributed by atoms with Crippen molar-refractivity contribution < 1.29 is 23.8 Å². The van der Waals surface area contributed by atoms with Crippen molar-refractivity contribution in [1.82, 2.24) is 4.57 Å². The fourth-order valence-electron chi connectivity index (χ4n) is 3.96. The summed E-state index contributed by atoms with van der Waals surface area (Å²) >= 11 is 13.5. The molecule has 1 aliphatic rings. The summed E-state index contributed by atoms with van der Waals surface area (Å²) in [4.78, 5) is 43.2. The molecular weight excluding hydrogens is 539 g/mol. The monoisotopic (exact) mass is 560 g/mol. The lowest BCUT2D eigenvalue weighted by Crippen LogP contribution is -2.40. The Morgan fingerprint density at radius 2 is 1.92 bits per heavy atom. The summed E-state index contributed by atoms with van der Waals surface area (Å²) in [5.41, 5.74) is 1.43. The molecule has 11 heteroatoms. The van der Waals surface area contributed by atoms with E-state index in [9.17, 15) is 14.4 Å². The van der Waals surface area contributed by atoms with Crippen molar-refractivity contribution >= 4 is 52.6 Å². The van der Waals surface area contributed by atoms with E-state index in [0.29, 0.717) is 36.2 Å². The van der Waals surface area contributed by atoms with Crippen LogP contribution in [-0.4, -0.2) is 30.2 Å². The average molecular weight is 561 g/mol. The SMILES string of the molecule is CCOC(=O)C1=C(C)N=c2s/c(=C/c3ccc(Cl)cc3Cl)c(=O)n2C1c1ccc(OC(C)=O)c(OC)c1. The number of carbonyl (C=O) groups is 2. The molecule has 1 aliphatic heterocycles. The molecule has 0 saturated heterocycles. The molecule has 8 nitrogen and oxygen atoms in total. The number of esters is 2. The minimum absolute atomic E-state index is 0.149. The van der Waals surface area contributed by atoms with Gasteiger partial charge in [0.1, 0.15) is 0 Å². The van der Waals surface area contributed by atoms with Gasteiger partial charge in [-0.05, 0) is 55.3 Å². The van der Waals surface area contributed by atoms with Gasteiger partial charge in [0.15, 0.2) is 16.3 Å². The van der Waals surface area contributed by atoms with Gasteiger partial charge in [-0.25, -0.2) is 9.79 Å². The van der Waals surface area contributed by atoms with Crippen molar-refractivity contribution in [3.05, 3.63) is 88.5 Å². The molecule has 0 bridgehead atoms. The van der Waals surface area contributed by atoms with Crippen molar-refractivity contribution in [2.45, 2.75) is 26.8 Å². The van der Waals surface area contributed by atoms with Gasteiger partial charge in [0, 0.05) is 17.0 Å². The molecule has 0 spiro atoms. The number of methoxy groups -OCH3 is 1. The van der Waals surface area contributed by atoms with Gasteiger partial charge in [0.05, 0.1) is 35.6 Å². The van der Waals surface area contributed by atoms with Gasteiger partial charge in [0.25, 0.3) is 5.56 Å². The molecule has 1 atom stereocenters. The molecule has 4 rings (SSSR count). The molecule has 2 heterocycles. The van der Waals surface area contributed by atoms with Crippen LogP contribution < -0.4 is 24.4 Å². The Hall–Kier alpha value is -3.40. The number of ether oxygens (including phenoxy) is 3. The molecule has 3 aromatic rings. The van der Waals surface area contributed by atoms with E-state index in [1.165, 1.54) is 29.9 Å². The summed E-state index contributed by atoms with van der Waals surface area (Å²) in [5, 5.41) is 0.869. The fourth-order valence-corrected chi connectivity index (χ4v) is 5.46. The Balaban J connectivity index is 1.96. The molecule has 0 radical (unpaired) electrons. The average Bonchev–Trinajstić information content (AvgIpc) is 3.14. The van der Waals surface area contributed by atoms with E-state index in [0.717, 1.165) is 0 Å². The Morgan fingerprint density at radius 3 is 2.57 bits per heavy atom. The summed E-state index contributed by atoms with van der Waals surface area (Å²) in [5.74, 6) is -0.628. The first kappa shape index (κ1) is 26.7. The number of nitrogens with zero attached hydrogens (tertiary/aromatic N) is 2. The molecule has 192 valence electrons. The van der Waals surface area contributed by atoms with E-state index >= 15 is 0 Å². The zero-order valence-corrected chi connectivity index (χ0v) is 22.7. The van der Waals surface area contributed by atoms with E-state index in [4.69, 9.17) is 37.4 Å². The van der Waals surface area contributed by atoms with Gasteiger partial charge < -0.3 is 14.2 Å². The topological polar surface area (TPSA) is 96.2 Å². The number of halogens is 2. The molecule has 0 aliphatic carbocycles. The highest BCUT2D eigenvalue weighted by Crippen LogP contribution is 2.36. The quantitative estimate of drug-likeness (QED) is 0.333. The Bertz CT molecular complexity index is 1620. The van der Waals surface area contributed by atoms with Crippen LogP contribution in [0.2, 0.25) is 10.0 Å². The number of fused-ring (bicyclic) bond motifs is 1. The number of hydrogen-bond acceptors (Lipinski definition) is 8. The highest BCUT2D eigenvalue weighted by Gasteiger charge is 2.34. The second-order valence-corrected chi connectivity index (χ2v) is 9.82. The van der Waals surface area contributed by atoms with E-state index in [-0.39, 0.29) is 29.2 Å². The van der Waals surface area contributed by atoms with Crippen LogP contribution in [0.1, 0.15) is 37.9 Å². The van der Waals surface area contributed by atoms with Gasteiger partial charge in [-0.1, -0.05) is 46.7 Å². The first-order chi connectivity index (χ1) is 17.6. The lowest BCUT2D eigenvalue weighted by Gasteiger charge is -2.25. The summed E-state index contributed by atoms with van der Waals surface area (Å²) in [7, 11) is 1.43. The highest BCUT2D eigenvalue weighted by molar-refractivity contribution is 7.07. The third kappa shape index (κ3) is 5.34. The fraction of sp³-hybridized carbons (Fsp3) is 0.231. The number of thiazole rings is 1. The molecule has 0 fully saturated rings. The second kappa shape index (κ2) is 10.9. The minimum Gasteiger partial charge on any atom is -0.493 e. The molecule has 2 aromatic carbocycles. The van der Waals surface area contributed by atoms with Crippen molar-refractivity contribution in [3.63, 3.8) is 0 Å². The third-order valence-electron chi connectivity index (χ3n) is 5.52. The third-order valence-corrected chi connectivity index (χ3v) is 7.07. The molecule has 1 unspecified atom stereocenters. The van der Waals surface area contributed by atoms with Crippen molar-refractivity contribution in [2.75, 3.05) is 13.7 Å². The van der Waals surface area contributed by atoms with Crippen LogP contribution in [-0.2, 0) is 14.3 Å². The van der Waals surface area contributed by atoms with Crippen LogP contribution in [0.3, 0.4) is 0 Å². The van der Waals surface area contributed by atoms with Crippen LogP contribution >= 0.6 is 34.5 Å². The van der Waals surface area contributed by atoms with Gasteiger partial charge in [-0.2, -0.15) is 0 Å². The maximum Gasteiger partial charge on any atom is 0.338 e. The Labute approximate surface area is 226 Å². The van der Waals surface area contributed by atoms with Crippen LogP contribution in [0.5, 0.6) is 11.5 Å². The van der Waals surface area contributed by atoms with E-state index in [1.54, 1.807) is 56.3 Å². The Kier molecular flexibility index (Phi) is 7.87. The summed E-state index contributed by atoms with van der Waals surface area (Å²) in [6.45, 7) is 4.82. The van der Waals surface area contributed by atoms with Crippen molar-refractivity contribution in [1.29, 1.82) is 0 Å². The second-order valence-electron chi connectivity index (χ2n) is 7.97. The Morgan fingerprint density at radius 1 is 1.16 bits per heavy atom. The van der Waals surface area contributed by atoms with E-state index in [1.807, 2.05) is 0 Å². The van der Waals surface area contributed by atoms with Crippen LogP contribution in [0.4, 0.5) is 0 Å². The molecular formula is C26H22Cl2N2O6S. The summed E-state index contributed by atoms with van der Waals surface area (Å²) in [6.07, 6.45) is 1.66. The van der Waals surface area contributed by atoms with Gasteiger partial charge in [-0.15, -0.1) is 0 Å². The van der Waals surface area contributed by atoms with E-state index < -0.39 is 18.0 Å². The van der Waals surface area contributed by atoms with Crippen LogP contribution in [0, 0.1) is 0 Å². The van der Waals surface area contributed by atoms with Gasteiger partial charge in [0.2, 0.25) is 0 Å². The lowest BCUT2D eigenvalue weighted by molar-refractivity contribution is -0.139.